The molecule has 168 valence electrons. The van der Waals surface area contributed by atoms with Crippen LogP contribution in [-0.2, 0) is 16.0 Å². The number of hydrogen-bond acceptors (Lipinski definition) is 6. The van der Waals surface area contributed by atoms with Crippen molar-refractivity contribution in [3.8, 4) is 22.8 Å². The van der Waals surface area contributed by atoms with Gasteiger partial charge in [-0.05, 0) is 36.1 Å². The number of rotatable bonds is 9. The molecular formula is C23H30N2O6. The molecule has 3 rings (SSSR count). The van der Waals surface area contributed by atoms with Crippen LogP contribution in [0.4, 0.5) is 0 Å². The lowest BCUT2D eigenvalue weighted by Crippen LogP contribution is -2.28. The maximum absolute atomic E-state index is 11.8. The van der Waals surface area contributed by atoms with E-state index < -0.39 is 5.97 Å². The average molecular weight is 431 g/mol. The van der Waals surface area contributed by atoms with E-state index >= 15 is 0 Å². The zero-order valence-electron chi connectivity index (χ0n) is 18.7. The van der Waals surface area contributed by atoms with Gasteiger partial charge in [-0.3, -0.25) is 0 Å². The minimum atomic E-state index is -1.04. The van der Waals surface area contributed by atoms with E-state index in [1.54, 1.807) is 26.5 Å². The van der Waals surface area contributed by atoms with Crippen LogP contribution in [0.1, 0.15) is 42.2 Å². The fourth-order valence-corrected chi connectivity index (χ4v) is 3.93. The van der Waals surface area contributed by atoms with Gasteiger partial charge in [-0.15, -0.1) is 0 Å². The third-order valence-electron chi connectivity index (χ3n) is 5.49. The topological polar surface area (TPSA) is 91.5 Å². The van der Waals surface area contributed by atoms with Crippen LogP contribution in [0.3, 0.4) is 0 Å². The lowest BCUT2D eigenvalue weighted by molar-refractivity contribution is 0.0691. The summed E-state index contributed by atoms with van der Waals surface area (Å²) in [6, 6.07) is 5.82. The van der Waals surface area contributed by atoms with Crippen LogP contribution in [0.2, 0.25) is 0 Å². The zero-order valence-corrected chi connectivity index (χ0v) is 18.7. The van der Waals surface area contributed by atoms with E-state index in [1.165, 1.54) is 7.11 Å². The Kier molecular flexibility index (Phi) is 7.22. The highest BCUT2D eigenvalue weighted by Gasteiger charge is 2.29. The number of aromatic carboxylic acids is 1. The van der Waals surface area contributed by atoms with E-state index in [9.17, 15) is 9.90 Å². The largest absolute Gasteiger partial charge is 0.493 e. The van der Waals surface area contributed by atoms with E-state index in [0.717, 1.165) is 29.7 Å². The highest BCUT2D eigenvalue weighted by molar-refractivity contribution is 5.87. The molecule has 8 nitrogen and oxygen atoms in total. The molecule has 1 atom stereocenters. The van der Waals surface area contributed by atoms with Crippen molar-refractivity contribution >= 4 is 5.97 Å². The predicted octanol–water partition coefficient (Wildman–Crippen LogP) is 3.49. The van der Waals surface area contributed by atoms with Crippen LogP contribution in [0.15, 0.2) is 29.6 Å². The number of fused-ring (bicyclic) bond motifs is 3. The first-order valence-electron chi connectivity index (χ1n) is 10.3. The highest BCUT2D eigenvalue weighted by Crippen LogP contribution is 2.42. The number of methoxy groups -OCH3 is 2. The summed E-state index contributed by atoms with van der Waals surface area (Å²) in [7, 11) is 4.68. The molecule has 0 aliphatic carbocycles. The van der Waals surface area contributed by atoms with Crippen LogP contribution < -0.4 is 14.8 Å². The van der Waals surface area contributed by atoms with Crippen molar-refractivity contribution in [3.63, 3.8) is 0 Å². The first kappa shape index (κ1) is 22.7. The Morgan fingerprint density at radius 3 is 2.58 bits per heavy atom. The molecule has 1 N–H and O–H groups in total. The Labute approximate surface area is 182 Å². The fourth-order valence-electron chi connectivity index (χ4n) is 3.93. The molecular weight excluding hydrogens is 400 g/mol. The summed E-state index contributed by atoms with van der Waals surface area (Å²) in [6.07, 6.45) is 3.19. The van der Waals surface area contributed by atoms with E-state index in [2.05, 4.69) is 19.0 Å². The summed E-state index contributed by atoms with van der Waals surface area (Å²) in [4.78, 5) is 16.7. The number of benzene rings is 1. The smallest absolute Gasteiger partial charge is 0.339 e. The van der Waals surface area contributed by atoms with Crippen molar-refractivity contribution in [2.24, 2.45) is 11.1 Å². The minimum absolute atomic E-state index is 0.0898. The normalized spacial score (nSPS) is 15.4. The summed E-state index contributed by atoms with van der Waals surface area (Å²) in [5.74, 6) is 0.559. The van der Waals surface area contributed by atoms with Gasteiger partial charge >= 0.3 is 5.97 Å². The van der Waals surface area contributed by atoms with Crippen molar-refractivity contribution in [2.45, 2.75) is 32.7 Å². The number of carboxylic acid groups (broad SMARTS) is 1. The lowest BCUT2D eigenvalue weighted by atomic mass is 9.87. The van der Waals surface area contributed by atoms with Crippen molar-refractivity contribution in [1.82, 2.24) is 4.57 Å². The Balaban J connectivity index is 2.16. The SMILES string of the molecule is COCCCOc1cc2c(cc1OC)-c1c/c(=N/OC)c(C(=O)O)cn1C(C(C)C)C2. The van der Waals surface area contributed by atoms with Crippen LogP contribution in [0.5, 0.6) is 11.5 Å². The number of aromatic nitrogens is 1. The molecule has 1 aliphatic rings. The predicted molar refractivity (Wildman–Crippen MR) is 116 cm³/mol. The number of ether oxygens (including phenoxy) is 3. The van der Waals surface area contributed by atoms with E-state index in [0.29, 0.717) is 24.7 Å². The minimum Gasteiger partial charge on any atom is -0.493 e. The Bertz CT molecular complexity index is 1010. The third kappa shape index (κ3) is 4.69. The number of carboxylic acids is 1. The maximum Gasteiger partial charge on any atom is 0.339 e. The molecule has 8 heteroatoms. The summed E-state index contributed by atoms with van der Waals surface area (Å²) in [5.41, 5.74) is 3.05. The summed E-state index contributed by atoms with van der Waals surface area (Å²) < 4.78 is 18.7. The monoisotopic (exact) mass is 430 g/mol. The molecule has 1 aliphatic heterocycles. The molecule has 2 heterocycles. The van der Waals surface area contributed by atoms with Crippen LogP contribution >= 0.6 is 0 Å². The van der Waals surface area contributed by atoms with Crippen molar-refractivity contribution < 1.29 is 28.9 Å². The molecule has 1 aromatic heterocycles. The second-order valence-electron chi connectivity index (χ2n) is 7.81. The van der Waals surface area contributed by atoms with Gasteiger partial charge in [0, 0.05) is 37.9 Å². The first-order valence-corrected chi connectivity index (χ1v) is 10.3. The molecule has 1 unspecified atom stereocenters. The highest BCUT2D eigenvalue weighted by atomic mass is 16.6. The standard InChI is InChI=1S/C23H30N2O6/c1-14(2)19-9-15-10-22(31-8-6-7-28-3)21(29-4)11-16(15)20-12-18(24-30-5)17(23(26)27)13-25(19)20/h10-14,19H,6-9H2,1-5H3,(H,26,27)/b24-18-. The average Bonchev–Trinajstić information content (AvgIpc) is 2.75. The van der Waals surface area contributed by atoms with Gasteiger partial charge in [-0.1, -0.05) is 19.0 Å². The van der Waals surface area contributed by atoms with Gasteiger partial charge < -0.3 is 28.7 Å². The maximum atomic E-state index is 11.8. The first-order chi connectivity index (χ1) is 14.9. The zero-order chi connectivity index (χ0) is 22.5. The third-order valence-corrected chi connectivity index (χ3v) is 5.49. The summed E-state index contributed by atoms with van der Waals surface area (Å²) in [5, 5.41) is 13.9. The van der Waals surface area contributed by atoms with Gasteiger partial charge in [0.25, 0.3) is 0 Å². The summed E-state index contributed by atoms with van der Waals surface area (Å²) >= 11 is 0. The fraction of sp³-hybridized carbons (Fsp3) is 0.478. The van der Waals surface area contributed by atoms with E-state index in [1.807, 2.05) is 16.7 Å². The van der Waals surface area contributed by atoms with E-state index in [4.69, 9.17) is 19.0 Å². The van der Waals surface area contributed by atoms with Crippen LogP contribution in [0, 0.1) is 5.92 Å². The Morgan fingerprint density at radius 1 is 1.19 bits per heavy atom. The molecule has 0 amide bonds. The number of hydrogen-bond donors (Lipinski definition) is 1. The molecule has 0 saturated carbocycles. The van der Waals surface area contributed by atoms with Gasteiger partial charge in [-0.2, -0.15) is 0 Å². The number of pyridine rings is 1. The number of carbonyl (C=O) groups is 1. The molecule has 0 saturated heterocycles. The second kappa shape index (κ2) is 9.87. The Hall–Kier alpha value is -3.00. The molecule has 1 aromatic carbocycles. The number of nitrogens with zero attached hydrogens (tertiary/aromatic N) is 2. The van der Waals surface area contributed by atoms with Crippen LogP contribution in [0.25, 0.3) is 11.3 Å². The molecule has 0 bridgehead atoms. The van der Waals surface area contributed by atoms with Crippen molar-refractivity contribution in [3.05, 3.63) is 40.9 Å². The summed E-state index contributed by atoms with van der Waals surface area (Å²) in [6.45, 7) is 5.42. The van der Waals surface area contributed by atoms with Gasteiger partial charge in [0.15, 0.2) is 11.5 Å². The second-order valence-corrected chi connectivity index (χ2v) is 7.81. The molecule has 0 spiro atoms. The van der Waals surface area contributed by atoms with E-state index in [-0.39, 0.29) is 22.9 Å². The van der Waals surface area contributed by atoms with Gasteiger partial charge in [-0.25, -0.2) is 4.79 Å². The van der Waals surface area contributed by atoms with Crippen molar-refractivity contribution in [1.29, 1.82) is 0 Å². The van der Waals surface area contributed by atoms with Gasteiger partial charge in [0.2, 0.25) is 0 Å². The van der Waals surface area contributed by atoms with Crippen LogP contribution in [-0.4, -0.2) is 50.2 Å². The quantitative estimate of drug-likeness (QED) is 0.484. The molecule has 0 radical (unpaired) electrons. The molecule has 31 heavy (non-hydrogen) atoms. The van der Waals surface area contributed by atoms with Gasteiger partial charge in [0.05, 0.1) is 19.4 Å². The molecule has 0 fully saturated rings. The van der Waals surface area contributed by atoms with Gasteiger partial charge in [0.1, 0.15) is 18.0 Å². The van der Waals surface area contributed by atoms with Crippen molar-refractivity contribution in [2.75, 3.05) is 34.5 Å². The lowest BCUT2D eigenvalue weighted by Gasteiger charge is -2.34. The Morgan fingerprint density at radius 2 is 1.97 bits per heavy atom. The molecule has 2 aromatic rings.